The molecule has 2 nitrogen and oxygen atoms in total. The van der Waals surface area contributed by atoms with Gasteiger partial charge in [-0.1, -0.05) is 13.8 Å². The molecule has 1 unspecified atom stereocenters. The van der Waals surface area contributed by atoms with Crippen LogP contribution in [0, 0.1) is 10.7 Å². The third-order valence-corrected chi connectivity index (χ3v) is 1.94. The number of rotatable bonds is 3. The maximum Gasteiger partial charge on any atom is 0.0205 e. The lowest BCUT2D eigenvalue weighted by Crippen LogP contribution is -2.04. The van der Waals surface area contributed by atoms with Crippen LogP contribution in [0.2, 0.25) is 0 Å². The van der Waals surface area contributed by atoms with Crippen LogP contribution in [0.4, 0.5) is 0 Å². The van der Waals surface area contributed by atoms with Gasteiger partial charge in [-0.2, -0.15) is 0 Å². The van der Waals surface area contributed by atoms with E-state index in [1.165, 1.54) is 0 Å². The van der Waals surface area contributed by atoms with Gasteiger partial charge in [-0.25, -0.2) is 0 Å². The molecule has 0 aromatic rings. The van der Waals surface area contributed by atoms with Crippen LogP contribution in [-0.4, -0.2) is 16.2 Å². The van der Waals surface area contributed by atoms with Gasteiger partial charge in [0.2, 0.25) is 0 Å². The van der Waals surface area contributed by atoms with Crippen molar-refractivity contribution in [2.45, 2.75) is 20.3 Å². The second-order valence-electron chi connectivity index (χ2n) is 2.73. The Balaban J connectivity index is 3.53. The van der Waals surface area contributed by atoms with E-state index in [0.29, 0.717) is 11.7 Å². The van der Waals surface area contributed by atoms with E-state index in [0.717, 1.165) is 6.42 Å². The van der Waals surface area contributed by atoms with E-state index in [1.807, 2.05) is 0 Å². The third-order valence-electron chi connectivity index (χ3n) is 1.03. The SMILES string of the molecule is C=S(=N)(O)CCC(C)C. The van der Waals surface area contributed by atoms with Crippen molar-refractivity contribution in [2.75, 3.05) is 5.75 Å². The summed E-state index contributed by atoms with van der Waals surface area (Å²) in [5.41, 5.74) is 0. The Morgan fingerprint density at radius 1 is 1.67 bits per heavy atom. The summed E-state index contributed by atoms with van der Waals surface area (Å²) < 4.78 is 16.0. The minimum Gasteiger partial charge on any atom is -0.329 e. The number of hydrogen-bond acceptors (Lipinski definition) is 1. The predicted octanol–water partition coefficient (Wildman–Crippen LogP) is 1.85. The fourth-order valence-electron chi connectivity index (χ4n) is 0.431. The molecule has 3 heteroatoms. The molecule has 56 valence electrons. The van der Waals surface area contributed by atoms with Gasteiger partial charge < -0.3 is 4.55 Å². The summed E-state index contributed by atoms with van der Waals surface area (Å²) in [5.74, 6) is 4.46. The van der Waals surface area contributed by atoms with Gasteiger partial charge in [0.05, 0.1) is 0 Å². The average molecular weight is 149 g/mol. The fourth-order valence-corrected chi connectivity index (χ4v) is 1.29. The van der Waals surface area contributed by atoms with Gasteiger partial charge in [0, 0.05) is 5.75 Å². The van der Waals surface area contributed by atoms with E-state index in [1.54, 1.807) is 0 Å². The minimum atomic E-state index is -2.22. The van der Waals surface area contributed by atoms with Crippen LogP contribution >= 0.6 is 0 Å². The summed E-state index contributed by atoms with van der Waals surface area (Å²) in [5, 5.41) is 0. The fraction of sp³-hybridized carbons (Fsp3) is 0.833. The molecule has 0 aliphatic rings. The summed E-state index contributed by atoms with van der Waals surface area (Å²) in [6.07, 6.45) is 0.902. The molecule has 0 aromatic heterocycles. The van der Waals surface area contributed by atoms with Crippen LogP contribution in [0.5, 0.6) is 0 Å². The van der Waals surface area contributed by atoms with Gasteiger partial charge in [0.25, 0.3) is 0 Å². The lowest BCUT2D eigenvalue weighted by molar-refractivity contribution is 0.599. The Morgan fingerprint density at radius 3 is 2.22 bits per heavy atom. The van der Waals surface area contributed by atoms with Gasteiger partial charge in [-0.15, -0.1) is 0 Å². The van der Waals surface area contributed by atoms with Crippen molar-refractivity contribution in [2.24, 2.45) is 5.92 Å². The molecule has 1 atom stereocenters. The minimum absolute atomic E-state index is 0.546. The monoisotopic (exact) mass is 149 g/mol. The molecular weight excluding hydrogens is 134 g/mol. The van der Waals surface area contributed by atoms with Crippen molar-refractivity contribution >= 4 is 15.6 Å². The van der Waals surface area contributed by atoms with Crippen molar-refractivity contribution in [3.63, 3.8) is 0 Å². The normalized spacial score (nSPS) is 17.8. The summed E-state index contributed by atoms with van der Waals surface area (Å²) in [4.78, 5) is 0. The van der Waals surface area contributed by atoms with E-state index >= 15 is 0 Å². The molecule has 0 spiro atoms. The first kappa shape index (κ1) is 8.98. The number of nitrogens with one attached hydrogen (secondary N) is 1. The van der Waals surface area contributed by atoms with Gasteiger partial charge in [0.1, 0.15) is 0 Å². The Bertz CT molecular complexity index is 158. The molecule has 9 heavy (non-hydrogen) atoms. The maximum absolute atomic E-state index is 8.91. The van der Waals surface area contributed by atoms with E-state index in [9.17, 15) is 0 Å². The highest BCUT2D eigenvalue weighted by Gasteiger charge is 1.96. The van der Waals surface area contributed by atoms with E-state index in [-0.39, 0.29) is 0 Å². The third kappa shape index (κ3) is 7.98. The van der Waals surface area contributed by atoms with Crippen molar-refractivity contribution < 1.29 is 4.55 Å². The molecular formula is C6H15NOS. The Kier molecular flexibility index (Phi) is 3.22. The Morgan fingerprint density at radius 2 is 2.11 bits per heavy atom. The van der Waals surface area contributed by atoms with Crippen LogP contribution in [0.3, 0.4) is 0 Å². The smallest absolute Gasteiger partial charge is 0.0205 e. The molecule has 0 fully saturated rings. The van der Waals surface area contributed by atoms with E-state index < -0.39 is 9.69 Å². The molecule has 2 N–H and O–H groups in total. The Labute approximate surface area is 57.6 Å². The highest BCUT2D eigenvalue weighted by Crippen LogP contribution is 2.01. The second-order valence-corrected chi connectivity index (χ2v) is 4.82. The molecule has 0 amide bonds. The van der Waals surface area contributed by atoms with Crippen LogP contribution in [-0.2, 0) is 9.69 Å². The molecule has 0 heterocycles. The van der Waals surface area contributed by atoms with Gasteiger partial charge in [-0.3, -0.25) is 4.78 Å². The van der Waals surface area contributed by atoms with Gasteiger partial charge in [-0.05, 0) is 27.9 Å². The maximum atomic E-state index is 8.91. The van der Waals surface area contributed by atoms with E-state index in [2.05, 4.69) is 19.7 Å². The zero-order valence-electron chi connectivity index (χ0n) is 6.05. The van der Waals surface area contributed by atoms with Crippen LogP contribution in [0.15, 0.2) is 0 Å². The number of hydrogen-bond donors (Lipinski definition) is 2. The van der Waals surface area contributed by atoms with E-state index in [4.69, 9.17) is 9.33 Å². The molecule has 0 saturated heterocycles. The Hall–Kier alpha value is -0.0200. The van der Waals surface area contributed by atoms with Gasteiger partial charge >= 0.3 is 0 Å². The largest absolute Gasteiger partial charge is 0.329 e. The lowest BCUT2D eigenvalue weighted by atomic mass is 10.2. The first-order valence-corrected chi connectivity index (χ1v) is 4.96. The highest BCUT2D eigenvalue weighted by atomic mass is 32.2. The van der Waals surface area contributed by atoms with Crippen molar-refractivity contribution in [1.82, 2.24) is 0 Å². The topological polar surface area (TPSA) is 44.1 Å². The summed E-state index contributed by atoms with van der Waals surface area (Å²) in [7, 11) is -2.22. The molecule has 0 aliphatic carbocycles. The average Bonchev–Trinajstić information content (AvgIpc) is 1.59. The first-order valence-electron chi connectivity index (χ1n) is 3.03. The zero-order chi connectivity index (χ0) is 7.49. The van der Waals surface area contributed by atoms with Crippen molar-refractivity contribution in [3.05, 3.63) is 0 Å². The standard InChI is InChI=1S/C6H15NOS/c1-6(2)4-5-9(3,7)8/h6H,3-5H2,1-2H3,(H2,7,8). The molecule has 0 bridgehead atoms. The second kappa shape index (κ2) is 3.22. The molecule has 0 aliphatic heterocycles. The van der Waals surface area contributed by atoms with Crippen molar-refractivity contribution in [1.29, 1.82) is 4.78 Å². The van der Waals surface area contributed by atoms with Gasteiger partial charge in [0.15, 0.2) is 0 Å². The summed E-state index contributed by atoms with van der Waals surface area (Å²) >= 11 is 0. The van der Waals surface area contributed by atoms with Crippen LogP contribution in [0.25, 0.3) is 0 Å². The predicted molar refractivity (Wildman–Crippen MR) is 44.2 cm³/mol. The molecule has 0 radical (unpaired) electrons. The lowest BCUT2D eigenvalue weighted by Gasteiger charge is -2.05. The quantitative estimate of drug-likeness (QED) is 0.591. The van der Waals surface area contributed by atoms with Crippen LogP contribution < -0.4 is 0 Å². The molecule has 0 rings (SSSR count). The highest BCUT2D eigenvalue weighted by molar-refractivity contribution is 7.96. The zero-order valence-corrected chi connectivity index (χ0v) is 6.87. The molecule has 0 aromatic carbocycles. The van der Waals surface area contributed by atoms with Crippen LogP contribution in [0.1, 0.15) is 20.3 Å². The summed E-state index contributed by atoms with van der Waals surface area (Å²) in [6, 6.07) is 0. The summed E-state index contributed by atoms with van der Waals surface area (Å²) in [6.45, 7) is 4.15. The molecule has 0 saturated carbocycles. The van der Waals surface area contributed by atoms with Crippen molar-refractivity contribution in [3.8, 4) is 0 Å². The first-order chi connectivity index (χ1) is 3.92.